The van der Waals surface area contributed by atoms with Crippen molar-refractivity contribution in [3.05, 3.63) is 30.1 Å². The van der Waals surface area contributed by atoms with Gasteiger partial charge < -0.3 is 10.2 Å². The molecular weight excluding hydrogens is 178 g/mol. The van der Waals surface area contributed by atoms with Crippen LogP contribution in [0.25, 0.3) is 0 Å². The van der Waals surface area contributed by atoms with Crippen LogP contribution in [-0.4, -0.2) is 43.0 Å². The largest absolute Gasteiger partial charge is 0.349 e. The van der Waals surface area contributed by atoms with Crippen LogP contribution in [0.15, 0.2) is 24.4 Å². The molecular formula is C10H15N3O. The van der Waals surface area contributed by atoms with Gasteiger partial charge in [0.1, 0.15) is 5.69 Å². The topological polar surface area (TPSA) is 45.2 Å². The van der Waals surface area contributed by atoms with E-state index in [1.165, 1.54) is 0 Å². The SMILES string of the molecule is CN(C)CCNC(=O)c1ccccn1. The number of hydrogen-bond acceptors (Lipinski definition) is 3. The summed E-state index contributed by atoms with van der Waals surface area (Å²) in [7, 11) is 3.93. The quantitative estimate of drug-likeness (QED) is 0.751. The first kappa shape index (κ1) is 10.7. The van der Waals surface area contributed by atoms with Crippen molar-refractivity contribution in [1.82, 2.24) is 15.2 Å². The first-order chi connectivity index (χ1) is 6.70. The van der Waals surface area contributed by atoms with Gasteiger partial charge in [-0.25, -0.2) is 0 Å². The third-order valence-electron chi connectivity index (χ3n) is 1.74. The predicted molar refractivity (Wildman–Crippen MR) is 55.1 cm³/mol. The Kier molecular flexibility index (Phi) is 4.07. The molecule has 0 fully saturated rings. The Morgan fingerprint density at radius 2 is 2.29 bits per heavy atom. The number of amides is 1. The molecule has 4 heteroatoms. The van der Waals surface area contributed by atoms with Crippen molar-refractivity contribution in [2.24, 2.45) is 0 Å². The molecule has 1 aromatic rings. The molecule has 0 saturated heterocycles. The third kappa shape index (κ3) is 3.53. The second kappa shape index (κ2) is 5.34. The second-order valence-electron chi connectivity index (χ2n) is 3.27. The van der Waals surface area contributed by atoms with Crippen molar-refractivity contribution >= 4 is 5.91 Å². The van der Waals surface area contributed by atoms with Crippen LogP contribution in [0.5, 0.6) is 0 Å². The fourth-order valence-electron chi connectivity index (χ4n) is 0.981. The summed E-state index contributed by atoms with van der Waals surface area (Å²) in [4.78, 5) is 17.4. The number of carbonyl (C=O) groups excluding carboxylic acids is 1. The summed E-state index contributed by atoms with van der Waals surface area (Å²) in [6.45, 7) is 1.47. The molecule has 4 nitrogen and oxygen atoms in total. The monoisotopic (exact) mass is 193 g/mol. The van der Waals surface area contributed by atoms with E-state index >= 15 is 0 Å². The lowest BCUT2D eigenvalue weighted by molar-refractivity contribution is 0.0946. The highest BCUT2D eigenvalue weighted by Crippen LogP contribution is 1.91. The van der Waals surface area contributed by atoms with E-state index in [4.69, 9.17) is 0 Å². The maximum atomic E-state index is 11.4. The Morgan fingerprint density at radius 1 is 1.50 bits per heavy atom. The van der Waals surface area contributed by atoms with Gasteiger partial charge in [0.2, 0.25) is 0 Å². The van der Waals surface area contributed by atoms with Gasteiger partial charge in [0.05, 0.1) is 0 Å². The summed E-state index contributed by atoms with van der Waals surface area (Å²) in [5.41, 5.74) is 0.464. The number of rotatable bonds is 4. The van der Waals surface area contributed by atoms with Crippen LogP contribution >= 0.6 is 0 Å². The highest BCUT2D eigenvalue weighted by Gasteiger charge is 2.04. The molecule has 14 heavy (non-hydrogen) atoms. The Hall–Kier alpha value is -1.42. The van der Waals surface area contributed by atoms with Crippen LogP contribution in [0.2, 0.25) is 0 Å². The summed E-state index contributed by atoms with van der Waals surface area (Å²) in [6, 6.07) is 5.29. The van der Waals surface area contributed by atoms with Crippen LogP contribution in [0.3, 0.4) is 0 Å². The highest BCUT2D eigenvalue weighted by molar-refractivity contribution is 5.92. The van der Waals surface area contributed by atoms with E-state index in [2.05, 4.69) is 10.3 Å². The number of likely N-dealkylation sites (N-methyl/N-ethyl adjacent to an activating group) is 1. The van der Waals surface area contributed by atoms with Gasteiger partial charge in [0.25, 0.3) is 5.91 Å². The molecule has 0 saturated carbocycles. The summed E-state index contributed by atoms with van der Waals surface area (Å²) in [5, 5.41) is 2.79. The van der Waals surface area contributed by atoms with Gasteiger partial charge in [0.15, 0.2) is 0 Å². The lowest BCUT2D eigenvalue weighted by Crippen LogP contribution is -2.31. The van der Waals surface area contributed by atoms with Gasteiger partial charge in [-0.1, -0.05) is 6.07 Å². The van der Waals surface area contributed by atoms with E-state index in [9.17, 15) is 4.79 Å². The molecule has 0 aliphatic heterocycles. The van der Waals surface area contributed by atoms with Crippen LogP contribution in [0.4, 0.5) is 0 Å². The Balaban J connectivity index is 2.36. The van der Waals surface area contributed by atoms with Gasteiger partial charge >= 0.3 is 0 Å². The van der Waals surface area contributed by atoms with E-state index in [0.29, 0.717) is 12.2 Å². The van der Waals surface area contributed by atoms with Crippen LogP contribution in [0, 0.1) is 0 Å². The van der Waals surface area contributed by atoms with E-state index < -0.39 is 0 Å². The molecule has 0 aromatic carbocycles. The Labute approximate surface area is 83.9 Å². The summed E-state index contributed by atoms with van der Waals surface area (Å²) >= 11 is 0. The molecule has 1 amide bonds. The standard InChI is InChI=1S/C10H15N3O/c1-13(2)8-7-12-10(14)9-5-3-4-6-11-9/h3-6H,7-8H2,1-2H3,(H,12,14). The van der Waals surface area contributed by atoms with Crippen LogP contribution < -0.4 is 5.32 Å². The predicted octanol–water partition coefficient (Wildman–Crippen LogP) is 0.373. The van der Waals surface area contributed by atoms with Crippen molar-refractivity contribution < 1.29 is 4.79 Å². The average molecular weight is 193 g/mol. The molecule has 0 aliphatic carbocycles. The van der Waals surface area contributed by atoms with E-state index in [1.807, 2.05) is 19.0 Å². The molecule has 0 atom stereocenters. The fourth-order valence-corrected chi connectivity index (χ4v) is 0.981. The first-order valence-corrected chi connectivity index (χ1v) is 4.54. The van der Waals surface area contributed by atoms with Crippen molar-refractivity contribution in [2.75, 3.05) is 27.2 Å². The lowest BCUT2D eigenvalue weighted by atomic mass is 10.3. The van der Waals surface area contributed by atoms with Gasteiger partial charge in [-0.15, -0.1) is 0 Å². The minimum Gasteiger partial charge on any atom is -0.349 e. The molecule has 1 heterocycles. The maximum absolute atomic E-state index is 11.4. The van der Waals surface area contributed by atoms with E-state index in [1.54, 1.807) is 24.4 Å². The van der Waals surface area contributed by atoms with Crippen molar-refractivity contribution in [2.45, 2.75) is 0 Å². The summed E-state index contributed by atoms with van der Waals surface area (Å²) in [6.07, 6.45) is 1.61. The van der Waals surface area contributed by atoms with Crippen molar-refractivity contribution in [1.29, 1.82) is 0 Å². The normalized spacial score (nSPS) is 10.2. The molecule has 0 radical (unpaired) electrons. The minimum absolute atomic E-state index is 0.118. The molecule has 0 bridgehead atoms. The molecule has 0 spiro atoms. The van der Waals surface area contributed by atoms with E-state index in [0.717, 1.165) is 6.54 Å². The van der Waals surface area contributed by atoms with Crippen LogP contribution in [0.1, 0.15) is 10.5 Å². The summed E-state index contributed by atoms with van der Waals surface area (Å²) < 4.78 is 0. The molecule has 0 aliphatic rings. The lowest BCUT2D eigenvalue weighted by Gasteiger charge is -2.09. The number of nitrogens with one attached hydrogen (secondary N) is 1. The highest BCUT2D eigenvalue weighted by atomic mass is 16.1. The van der Waals surface area contributed by atoms with Gasteiger partial charge in [0, 0.05) is 19.3 Å². The van der Waals surface area contributed by atoms with Gasteiger partial charge in [-0.3, -0.25) is 9.78 Å². The smallest absolute Gasteiger partial charge is 0.269 e. The van der Waals surface area contributed by atoms with E-state index in [-0.39, 0.29) is 5.91 Å². The number of pyridine rings is 1. The molecule has 1 N–H and O–H groups in total. The third-order valence-corrected chi connectivity index (χ3v) is 1.74. The first-order valence-electron chi connectivity index (χ1n) is 4.54. The average Bonchev–Trinajstić information content (AvgIpc) is 2.18. The number of aromatic nitrogens is 1. The summed E-state index contributed by atoms with van der Waals surface area (Å²) in [5.74, 6) is -0.118. The van der Waals surface area contributed by atoms with Crippen LogP contribution in [-0.2, 0) is 0 Å². The second-order valence-corrected chi connectivity index (χ2v) is 3.27. The van der Waals surface area contributed by atoms with Gasteiger partial charge in [-0.2, -0.15) is 0 Å². The number of hydrogen-bond donors (Lipinski definition) is 1. The Morgan fingerprint density at radius 3 is 2.86 bits per heavy atom. The zero-order valence-corrected chi connectivity index (χ0v) is 8.53. The minimum atomic E-state index is -0.118. The van der Waals surface area contributed by atoms with Crippen molar-refractivity contribution in [3.8, 4) is 0 Å². The molecule has 1 rings (SSSR count). The zero-order chi connectivity index (χ0) is 10.4. The number of nitrogens with zero attached hydrogens (tertiary/aromatic N) is 2. The molecule has 76 valence electrons. The molecule has 0 unspecified atom stereocenters. The van der Waals surface area contributed by atoms with Crippen molar-refractivity contribution in [3.63, 3.8) is 0 Å². The Bertz CT molecular complexity index is 285. The number of carbonyl (C=O) groups is 1. The fraction of sp³-hybridized carbons (Fsp3) is 0.400. The maximum Gasteiger partial charge on any atom is 0.269 e. The molecule has 1 aromatic heterocycles. The zero-order valence-electron chi connectivity index (χ0n) is 8.53. The van der Waals surface area contributed by atoms with Gasteiger partial charge in [-0.05, 0) is 26.2 Å².